The van der Waals surface area contributed by atoms with Crippen molar-refractivity contribution in [3.63, 3.8) is 0 Å². The van der Waals surface area contributed by atoms with Crippen LogP contribution in [0.3, 0.4) is 0 Å². The number of carbonyl (C=O) groups is 2. The fourth-order valence-electron chi connectivity index (χ4n) is 5.49. The summed E-state index contributed by atoms with van der Waals surface area (Å²) >= 11 is 6.12. The van der Waals surface area contributed by atoms with E-state index in [4.69, 9.17) is 21.4 Å². The van der Waals surface area contributed by atoms with Gasteiger partial charge in [-0.25, -0.2) is 4.79 Å². The summed E-state index contributed by atoms with van der Waals surface area (Å²) in [5, 5.41) is 14.8. The van der Waals surface area contributed by atoms with Gasteiger partial charge in [-0.3, -0.25) is 9.48 Å². The third kappa shape index (κ3) is 7.17. The number of amides is 1. The number of benzene rings is 3. The lowest BCUT2D eigenvalue weighted by molar-refractivity contribution is -0.132. The molecule has 0 bridgehead atoms. The number of halogens is 1. The molecule has 0 aliphatic heterocycles. The molecule has 222 valence electrons. The quantitative estimate of drug-likeness (QED) is 0.197. The minimum absolute atomic E-state index is 0.0735. The van der Waals surface area contributed by atoms with E-state index in [0.29, 0.717) is 22.0 Å². The molecule has 5 rings (SSSR count). The minimum atomic E-state index is -0.953. The molecule has 8 heteroatoms. The van der Waals surface area contributed by atoms with Crippen molar-refractivity contribution >= 4 is 29.6 Å². The number of aromatic nitrogens is 2. The van der Waals surface area contributed by atoms with Gasteiger partial charge in [0.2, 0.25) is 0 Å². The molecular formula is C35H36ClN3O4. The normalized spacial score (nSPS) is 14.0. The van der Waals surface area contributed by atoms with Gasteiger partial charge < -0.3 is 14.7 Å². The van der Waals surface area contributed by atoms with Crippen LogP contribution < -0.4 is 4.74 Å². The Bertz CT molecular complexity index is 1630. The molecule has 7 nitrogen and oxygen atoms in total. The van der Waals surface area contributed by atoms with E-state index in [-0.39, 0.29) is 24.1 Å². The summed E-state index contributed by atoms with van der Waals surface area (Å²) in [4.78, 5) is 25.7. The van der Waals surface area contributed by atoms with Gasteiger partial charge in [-0.15, -0.1) is 0 Å². The molecule has 1 N–H and O–H groups in total. The fraction of sp³-hybridized carbons (Fsp3) is 0.286. The predicted octanol–water partition coefficient (Wildman–Crippen LogP) is 8.14. The maximum Gasteiger partial charge on any atom is 0.331 e. The largest absolute Gasteiger partial charge is 0.489 e. The molecule has 0 unspecified atom stereocenters. The van der Waals surface area contributed by atoms with Gasteiger partial charge in [0.05, 0.1) is 17.4 Å². The van der Waals surface area contributed by atoms with Crippen molar-refractivity contribution in [3.8, 4) is 28.1 Å². The third-order valence-electron chi connectivity index (χ3n) is 7.83. The minimum Gasteiger partial charge on any atom is -0.489 e. The molecule has 0 spiro atoms. The summed E-state index contributed by atoms with van der Waals surface area (Å²) < 4.78 is 8.32. The van der Waals surface area contributed by atoms with Crippen molar-refractivity contribution in [2.75, 3.05) is 14.1 Å². The molecule has 4 aromatic rings. The van der Waals surface area contributed by atoms with E-state index >= 15 is 0 Å². The molecule has 1 aliphatic carbocycles. The zero-order valence-electron chi connectivity index (χ0n) is 24.7. The topological polar surface area (TPSA) is 84.7 Å². The lowest BCUT2D eigenvalue weighted by Crippen LogP contribution is -2.21. The lowest BCUT2D eigenvalue weighted by atomic mass is 9.95. The first-order valence-corrected chi connectivity index (χ1v) is 14.9. The number of hydrogen-bond acceptors (Lipinski definition) is 4. The Balaban J connectivity index is 1.41. The van der Waals surface area contributed by atoms with Gasteiger partial charge in [0.15, 0.2) is 0 Å². The summed E-state index contributed by atoms with van der Waals surface area (Å²) in [6, 6.07) is 23.4. The summed E-state index contributed by atoms with van der Waals surface area (Å²) in [7, 11) is 3.47. The van der Waals surface area contributed by atoms with Crippen LogP contribution in [0.1, 0.15) is 66.7 Å². The van der Waals surface area contributed by atoms with E-state index in [0.717, 1.165) is 53.6 Å². The number of carboxylic acid groups (broad SMARTS) is 1. The van der Waals surface area contributed by atoms with E-state index in [1.807, 2.05) is 72.8 Å². The standard InChI is InChI=1S/C35H36ClN3O4/c1-23(35(41)42)19-29-21-33(39(37-29)30-7-5-4-6-8-30)25-11-16-31(17-12-25)43-22-27-20-26(34(40)38(2)3)13-18-32(27)24-9-14-28(36)15-10-24/h9-21,30H,4-8,22H2,1-3H3,(H,41,42)/b23-19+. The molecule has 0 atom stereocenters. The van der Waals surface area contributed by atoms with Crippen molar-refractivity contribution in [1.82, 2.24) is 14.7 Å². The number of carboxylic acids is 1. The first-order chi connectivity index (χ1) is 20.7. The maximum atomic E-state index is 12.7. The molecule has 1 saturated carbocycles. The van der Waals surface area contributed by atoms with Gasteiger partial charge >= 0.3 is 5.97 Å². The second-order valence-corrected chi connectivity index (χ2v) is 11.7. The zero-order chi connectivity index (χ0) is 30.5. The number of hydrogen-bond donors (Lipinski definition) is 1. The summed E-state index contributed by atoms with van der Waals surface area (Å²) in [5.74, 6) is -0.331. The van der Waals surface area contributed by atoms with Crippen LogP contribution in [-0.2, 0) is 11.4 Å². The highest BCUT2D eigenvalue weighted by Crippen LogP contribution is 2.34. The van der Waals surface area contributed by atoms with Crippen LogP contribution in [0.5, 0.6) is 5.75 Å². The Morgan fingerprint density at radius 1 is 0.977 bits per heavy atom. The SMILES string of the molecule is C/C(=C\c1cc(-c2ccc(OCc3cc(C(=O)N(C)C)ccc3-c3ccc(Cl)cc3)cc2)n(C2CCCCC2)n1)C(=O)O. The molecule has 1 aromatic heterocycles. The molecule has 1 amide bonds. The number of carbonyl (C=O) groups excluding carboxylic acids is 1. The highest BCUT2D eigenvalue weighted by atomic mass is 35.5. The first-order valence-electron chi connectivity index (χ1n) is 14.5. The molecule has 0 radical (unpaired) electrons. The second kappa shape index (κ2) is 13.3. The molecule has 1 fully saturated rings. The highest BCUT2D eigenvalue weighted by Gasteiger charge is 2.21. The summed E-state index contributed by atoms with van der Waals surface area (Å²) in [6.45, 7) is 1.85. The third-order valence-corrected chi connectivity index (χ3v) is 8.09. The van der Waals surface area contributed by atoms with E-state index in [2.05, 4.69) is 4.68 Å². The van der Waals surface area contributed by atoms with Crippen molar-refractivity contribution in [2.24, 2.45) is 0 Å². The van der Waals surface area contributed by atoms with Crippen molar-refractivity contribution in [3.05, 3.63) is 100 Å². The molecule has 0 saturated heterocycles. The monoisotopic (exact) mass is 597 g/mol. The Morgan fingerprint density at radius 3 is 2.30 bits per heavy atom. The zero-order valence-corrected chi connectivity index (χ0v) is 25.5. The van der Waals surface area contributed by atoms with E-state index < -0.39 is 5.97 Å². The van der Waals surface area contributed by atoms with Gasteiger partial charge in [0.1, 0.15) is 12.4 Å². The van der Waals surface area contributed by atoms with Gasteiger partial charge in [-0.2, -0.15) is 5.10 Å². The smallest absolute Gasteiger partial charge is 0.331 e. The second-order valence-electron chi connectivity index (χ2n) is 11.2. The Morgan fingerprint density at radius 2 is 1.65 bits per heavy atom. The summed E-state index contributed by atoms with van der Waals surface area (Å²) in [5.41, 5.74) is 6.27. The van der Waals surface area contributed by atoms with Crippen LogP contribution in [-0.4, -0.2) is 45.8 Å². The molecule has 1 heterocycles. The van der Waals surface area contributed by atoms with Crippen LogP contribution in [0.25, 0.3) is 28.5 Å². The van der Waals surface area contributed by atoms with E-state index in [1.165, 1.54) is 6.42 Å². The number of nitrogens with zero attached hydrogens (tertiary/aromatic N) is 3. The molecule has 43 heavy (non-hydrogen) atoms. The Kier molecular flexibility index (Phi) is 9.31. The van der Waals surface area contributed by atoms with Crippen molar-refractivity contribution in [2.45, 2.75) is 51.7 Å². The Labute approximate surface area is 257 Å². The summed E-state index contributed by atoms with van der Waals surface area (Å²) in [6.07, 6.45) is 7.29. The first kappa shape index (κ1) is 30.1. The molecule has 3 aromatic carbocycles. The van der Waals surface area contributed by atoms with Crippen molar-refractivity contribution < 1.29 is 19.4 Å². The van der Waals surface area contributed by atoms with Crippen LogP contribution in [0, 0.1) is 0 Å². The predicted molar refractivity (Wildman–Crippen MR) is 170 cm³/mol. The molecular weight excluding hydrogens is 562 g/mol. The van der Waals surface area contributed by atoms with Crippen LogP contribution >= 0.6 is 11.6 Å². The maximum absolute atomic E-state index is 12.7. The van der Waals surface area contributed by atoms with E-state index in [1.54, 1.807) is 32.0 Å². The van der Waals surface area contributed by atoms with Gasteiger partial charge in [0.25, 0.3) is 5.91 Å². The van der Waals surface area contributed by atoms with Crippen LogP contribution in [0.15, 0.2) is 78.4 Å². The number of ether oxygens (including phenoxy) is 1. The number of aliphatic carboxylic acids is 1. The highest BCUT2D eigenvalue weighted by molar-refractivity contribution is 6.30. The van der Waals surface area contributed by atoms with Gasteiger partial charge in [-0.1, -0.05) is 49.1 Å². The number of rotatable bonds is 9. The van der Waals surface area contributed by atoms with Gasteiger partial charge in [-0.05, 0) is 97.1 Å². The lowest BCUT2D eigenvalue weighted by Gasteiger charge is -2.24. The van der Waals surface area contributed by atoms with E-state index in [9.17, 15) is 14.7 Å². The average molecular weight is 598 g/mol. The van der Waals surface area contributed by atoms with Gasteiger partial charge in [0, 0.05) is 35.8 Å². The Hall–Kier alpha value is -4.36. The van der Waals surface area contributed by atoms with Crippen LogP contribution in [0.2, 0.25) is 5.02 Å². The van der Waals surface area contributed by atoms with Crippen molar-refractivity contribution in [1.29, 1.82) is 0 Å². The average Bonchev–Trinajstić information content (AvgIpc) is 3.44. The van der Waals surface area contributed by atoms with Crippen LogP contribution in [0.4, 0.5) is 0 Å². The fourth-order valence-corrected chi connectivity index (χ4v) is 5.61. The molecule has 1 aliphatic rings.